The molecule has 0 fully saturated rings. The van der Waals surface area contributed by atoms with Gasteiger partial charge in [0.1, 0.15) is 12.1 Å². The average molecular weight is 320 g/mol. The molecule has 0 unspecified atom stereocenters. The Morgan fingerprint density at radius 1 is 1.22 bits per heavy atom. The number of nitrogens with one attached hydrogen (secondary N) is 2. The van der Waals surface area contributed by atoms with Crippen molar-refractivity contribution in [3.63, 3.8) is 0 Å². The van der Waals surface area contributed by atoms with Crippen LogP contribution in [-0.2, 0) is 4.74 Å². The Kier molecular flexibility index (Phi) is 5.00. The molecule has 0 radical (unpaired) electrons. The SMILES string of the molecule is COC(=O)c1coc(C(=O)Nc2ccc(F)cc2NC(C)C)c1. The number of ether oxygens (including phenoxy) is 1. The molecule has 0 aliphatic rings. The number of methoxy groups -OCH3 is 1. The second-order valence-corrected chi connectivity index (χ2v) is 5.13. The first-order valence-corrected chi connectivity index (χ1v) is 6.95. The molecule has 1 heterocycles. The van der Waals surface area contributed by atoms with E-state index in [4.69, 9.17) is 4.42 Å². The number of benzene rings is 1. The summed E-state index contributed by atoms with van der Waals surface area (Å²) < 4.78 is 23.0. The summed E-state index contributed by atoms with van der Waals surface area (Å²) in [5, 5.41) is 5.66. The zero-order valence-corrected chi connectivity index (χ0v) is 13.0. The highest BCUT2D eigenvalue weighted by Crippen LogP contribution is 2.24. The normalized spacial score (nSPS) is 10.5. The molecule has 0 bridgehead atoms. The predicted molar refractivity (Wildman–Crippen MR) is 83.2 cm³/mol. The van der Waals surface area contributed by atoms with Gasteiger partial charge in [-0.1, -0.05) is 0 Å². The summed E-state index contributed by atoms with van der Waals surface area (Å²) in [4.78, 5) is 23.5. The first-order valence-electron chi connectivity index (χ1n) is 6.95. The number of hydrogen-bond donors (Lipinski definition) is 2. The van der Waals surface area contributed by atoms with Crippen molar-refractivity contribution >= 4 is 23.3 Å². The zero-order valence-electron chi connectivity index (χ0n) is 13.0. The molecule has 2 N–H and O–H groups in total. The van der Waals surface area contributed by atoms with Crippen molar-refractivity contribution < 1.29 is 23.1 Å². The fourth-order valence-corrected chi connectivity index (χ4v) is 1.92. The van der Waals surface area contributed by atoms with E-state index in [-0.39, 0.29) is 17.4 Å². The Morgan fingerprint density at radius 2 is 1.96 bits per heavy atom. The van der Waals surface area contributed by atoms with Crippen LogP contribution in [0, 0.1) is 5.82 Å². The molecule has 122 valence electrons. The lowest BCUT2D eigenvalue weighted by Gasteiger charge is -2.15. The number of rotatable bonds is 5. The van der Waals surface area contributed by atoms with Crippen LogP contribution in [0.5, 0.6) is 0 Å². The van der Waals surface area contributed by atoms with Crippen LogP contribution in [0.2, 0.25) is 0 Å². The highest BCUT2D eigenvalue weighted by Gasteiger charge is 2.17. The maximum atomic E-state index is 13.4. The van der Waals surface area contributed by atoms with Gasteiger partial charge >= 0.3 is 5.97 Å². The van der Waals surface area contributed by atoms with Gasteiger partial charge in [0, 0.05) is 12.1 Å². The minimum Gasteiger partial charge on any atom is -0.465 e. The van der Waals surface area contributed by atoms with E-state index in [0.717, 1.165) is 6.26 Å². The molecule has 1 aromatic heterocycles. The smallest absolute Gasteiger partial charge is 0.341 e. The molecule has 7 heteroatoms. The van der Waals surface area contributed by atoms with Crippen LogP contribution in [-0.4, -0.2) is 25.0 Å². The fourth-order valence-electron chi connectivity index (χ4n) is 1.92. The van der Waals surface area contributed by atoms with Gasteiger partial charge in [-0.15, -0.1) is 0 Å². The van der Waals surface area contributed by atoms with Gasteiger partial charge in [-0.05, 0) is 32.0 Å². The third kappa shape index (κ3) is 4.09. The molecule has 0 atom stereocenters. The molecule has 2 rings (SSSR count). The van der Waals surface area contributed by atoms with E-state index in [1.165, 1.54) is 31.4 Å². The van der Waals surface area contributed by atoms with Gasteiger partial charge < -0.3 is 19.8 Å². The zero-order chi connectivity index (χ0) is 17.0. The van der Waals surface area contributed by atoms with Gasteiger partial charge in [-0.3, -0.25) is 4.79 Å². The molecular weight excluding hydrogens is 303 g/mol. The largest absolute Gasteiger partial charge is 0.465 e. The lowest BCUT2D eigenvalue weighted by Crippen LogP contribution is -2.16. The van der Waals surface area contributed by atoms with Crippen molar-refractivity contribution in [2.45, 2.75) is 19.9 Å². The topological polar surface area (TPSA) is 80.6 Å². The van der Waals surface area contributed by atoms with Crippen molar-refractivity contribution in [3.05, 3.63) is 47.7 Å². The molecule has 0 spiro atoms. The second kappa shape index (κ2) is 6.95. The molecule has 1 aromatic carbocycles. The van der Waals surface area contributed by atoms with Gasteiger partial charge in [0.05, 0.1) is 24.0 Å². The van der Waals surface area contributed by atoms with Crippen molar-refractivity contribution in [3.8, 4) is 0 Å². The van der Waals surface area contributed by atoms with E-state index in [0.29, 0.717) is 11.4 Å². The van der Waals surface area contributed by atoms with E-state index in [1.807, 2.05) is 13.8 Å². The number of halogens is 1. The molecule has 0 aliphatic heterocycles. The van der Waals surface area contributed by atoms with Crippen LogP contribution in [0.4, 0.5) is 15.8 Å². The fraction of sp³-hybridized carbons (Fsp3) is 0.250. The molecule has 23 heavy (non-hydrogen) atoms. The van der Waals surface area contributed by atoms with Crippen LogP contribution in [0.3, 0.4) is 0 Å². The van der Waals surface area contributed by atoms with E-state index >= 15 is 0 Å². The lowest BCUT2D eigenvalue weighted by molar-refractivity contribution is 0.0600. The van der Waals surface area contributed by atoms with Crippen LogP contribution in [0.25, 0.3) is 0 Å². The minimum atomic E-state index is -0.600. The molecule has 2 aromatic rings. The Morgan fingerprint density at radius 3 is 2.61 bits per heavy atom. The number of furan rings is 1. The standard InChI is InChI=1S/C16H17FN2O4/c1-9(2)18-13-7-11(17)4-5-12(13)19-15(20)14-6-10(8-23-14)16(21)22-3/h4-9,18H,1-3H3,(H,19,20). The third-order valence-corrected chi connectivity index (χ3v) is 2.92. The molecular formula is C16H17FN2O4. The Balaban J connectivity index is 2.20. The Bertz CT molecular complexity index is 725. The minimum absolute atomic E-state index is 0.0507. The van der Waals surface area contributed by atoms with Crippen molar-refractivity contribution in [2.24, 2.45) is 0 Å². The van der Waals surface area contributed by atoms with Gasteiger partial charge in [0.15, 0.2) is 5.76 Å². The summed E-state index contributed by atoms with van der Waals surface area (Å²) in [6.45, 7) is 3.79. The summed E-state index contributed by atoms with van der Waals surface area (Å²) in [6.07, 6.45) is 1.14. The van der Waals surface area contributed by atoms with E-state index in [1.54, 1.807) is 0 Å². The van der Waals surface area contributed by atoms with Gasteiger partial charge in [0.25, 0.3) is 5.91 Å². The first-order chi connectivity index (χ1) is 10.9. The number of amides is 1. The van der Waals surface area contributed by atoms with Crippen LogP contribution in [0.15, 0.2) is 34.9 Å². The molecule has 0 saturated carbocycles. The highest BCUT2D eigenvalue weighted by atomic mass is 19.1. The van der Waals surface area contributed by atoms with Crippen LogP contribution < -0.4 is 10.6 Å². The second-order valence-electron chi connectivity index (χ2n) is 5.13. The lowest BCUT2D eigenvalue weighted by atomic mass is 10.2. The van der Waals surface area contributed by atoms with Crippen LogP contribution >= 0.6 is 0 Å². The first kappa shape index (κ1) is 16.5. The molecule has 6 nitrogen and oxygen atoms in total. The predicted octanol–water partition coefficient (Wildman–Crippen LogP) is 3.28. The van der Waals surface area contributed by atoms with E-state index < -0.39 is 17.7 Å². The maximum Gasteiger partial charge on any atom is 0.341 e. The molecule has 0 saturated heterocycles. The summed E-state index contributed by atoms with van der Waals surface area (Å²) in [5.74, 6) is -1.63. The van der Waals surface area contributed by atoms with Crippen molar-refractivity contribution in [1.82, 2.24) is 0 Å². The Hall–Kier alpha value is -2.83. The van der Waals surface area contributed by atoms with Crippen molar-refractivity contribution in [1.29, 1.82) is 0 Å². The number of hydrogen-bond acceptors (Lipinski definition) is 5. The summed E-state index contributed by atoms with van der Waals surface area (Å²) >= 11 is 0. The number of carbonyl (C=O) groups is 2. The highest BCUT2D eigenvalue weighted by molar-refractivity contribution is 6.05. The summed E-state index contributed by atoms with van der Waals surface area (Å²) in [7, 11) is 1.23. The number of esters is 1. The number of carbonyl (C=O) groups excluding carboxylic acids is 2. The van der Waals surface area contributed by atoms with Crippen LogP contribution in [0.1, 0.15) is 34.8 Å². The third-order valence-electron chi connectivity index (χ3n) is 2.92. The van der Waals surface area contributed by atoms with E-state index in [9.17, 15) is 14.0 Å². The van der Waals surface area contributed by atoms with Gasteiger partial charge in [0.2, 0.25) is 0 Å². The quantitative estimate of drug-likeness (QED) is 0.826. The summed E-state index contributed by atoms with van der Waals surface area (Å²) in [5.41, 5.74) is 0.992. The maximum absolute atomic E-state index is 13.4. The monoisotopic (exact) mass is 320 g/mol. The van der Waals surface area contributed by atoms with Gasteiger partial charge in [-0.25, -0.2) is 9.18 Å². The molecule has 1 amide bonds. The Labute approximate surface area is 132 Å². The van der Waals surface area contributed by atoms with E-state index in [2.05, 4.69) is 15.4 Å². The summed E-state index contributed by atoms with van der Waals surface area (Å²) in [6, 6.07) is 5.31. The van der Waals surface area contributed by atoms with Crippen molar-refractivity contribution in [2.75, 3.05) is 17.7 Å². The number of anilines is 2. The molecule has 0 aliphatic carbocycles. The average Bonchev–Trinajstić information content (AvgIpc) is 2.98. The van der Waals surface area contributed by atoms with Gasteiger partial charge in [-0.2, -0.15) is 0 Å².